The summed E-state index contributed by atoms with van der Waals surface area (Å²) in [4.78, 5) is 13.2. The van der Waals surface area contributed by atoms with Gasteiger partial charge in [0.05, 0.1) is 7.11 Å². The van der Waals surface area contributed by atoms with E-state index in [-0.39, 0.29) is 5.97 Å². The third-order valence-corrected chi connectivity index (χ3v) is 6.38. The smallest absolute Gasteiger partial charge is 0.345 e. The van der Waals surface area contributed by atoms with Gasteiger partial charge in [-0.3, -0.25) is 0 Å². The van der Waals surface area contributed by atoms with E-state index in [1.165, 1.54) is 7.11 Å². The Bertz CT molecular complexity index is 871. The zero-order valence-corrected chi connectivity index (χ0v) is 15.4. The van der Waals surface area contributed by atoms with Crippen molar-refractivity contribution in [3.05, 3.63) is 76.2 Å². The van der Waals surface area contributed by atoms with Gasteiger partial charge in [0.25, 0.3) is 0 Å². The van der Waals surface area contributed by atoms with E-state index in [0.29, 0.717) is 4.91 Å². The number of esters is 1. The Morgan fingerprint density at radius 1 is 1.04 bits per heavy atom. The van der Waals surface area contributed by atoms with Crippen LogP contribution in [0.1, 0.15) is 6.92 Å². The van der Waals surface area contributed by atoms with E-state index in [1.807, 2.05) is 61.5 Å². The molecule has 1 aliphatic heterocycles. The molecule has 0 bridgehead atoms. The average Bonchev–Trinajstić information content (AvgIpc) is 2.92. The van der Waals surface area contributed by atoms with Gasteiger partial charge in [-0.15, -0.1) is 0 Å². The molecule has 1 aliphatic rings. The second-order valence-electron chi connectivity index (χ2n) is 5.30. The van der Waals surface area contributed by atoms with Crippen LogP contribution >= 0.6 is 0 Å². The van der Waals surface area contributed by atoms with Crippen LogP contribution in [-0.4, -0.2) is 13.1 Å². The molecule has 2 aromatic carbocycles. The van der Waals surface area contributed by atoms with Crippen molar-refractivity contribution >= 4 is 32.3 Å². The van der Waals surface area contributed by atoms with Crippen LogP contribution in [0.15, 0.2) is 76.2 Å². The Balaban J connectivity index is 1.72. The molecule has 0 aliphatic carbocycles. The van der Waals surface area contributed by atoms with Crippen LogP contribution in [0.3, 0.4) is 0 Å². The molecule has 0 spiro atoms. The largest absolute Gasteiger partial charge is 0.465 e. The number of hydrogen-bond donors (Lipinski definition) is 1. The number of methoxy groups -OCH3 is 1. The van der Waals surface area contributed by atoms with Gasteiger partial charge in [0.2, 0.25) is 0 Å². The van der Waals surface area contributed by atoms with Crippen LogP contribution in [0.4, 0.5) is 5.69 Å². The van der Waals surface area contributed by atoms with Crippen molar-refractivity contribution in [2.24, 2.45) is 0 Å². The van der Waals surface area contributed by atoms with Crippen molar-refractivity contribution in [1.82, 2.24) is 0 Å². The van der Waals surface area contributed by atoms with Gasteiger partial charge >= 0.3 is 5.97 Å². The van der Waals surface area contributed by atoms with Crippen molar-refractivity contribution in [1.29, 1.82) is 0 Å². The number of hydrogen-bond acceptors (Lipinski definition) is 5. The van der Waals surface area contributed by atoms with E-state index >= 15 is 0 Å². The van der Waals surface area contributed by atoms with Gasteiger partial charge in [0, 0.05) is 16.3 Å². The van der Waals surface area contributed by atoms with Gasteiger partial charge in [-0.2, -0.15) is 0 Å². The number of benzene rings is 2. The Labute approximate surface area is 153 Å². The summed E-state index contributed by atoms with van der Waals surface area (Å²) in [5, 5.41) is 3.30. The number of carbonyl (C=O) groups excluding carboxylic acids is 1. The van der Waals surface area contributed by atoms with Gasteiger partial charge in [-0.05, 0) is 60.6 Å². The van der Waals surface area contributed by atoms with Crippen LogP contribution < -0.4 is 10.1 Å². The van der Waals surface area contributed by atoms with Crippen LogP contribution in [0, 0.1) is 0 Å². The summed E-state index contributed by atoms with van der Waals surface area (Å²) in [7, 11) is 0.705. The molecular weight excluding hydrogens is 354 g/mol. The Kier molecular flexibility index (Phi) is 5.31. The maximum atomic E-state index is 11.8. The molecule has 1 heterocycles. The Morgan fingerprint density at radius 2 is 1.68 bits per heavy atom. The fraction of sp³-hybridized carbons (Fsp3) is 0.105. The second-order valence-corrected chi connectivity index (χ2v) is 7.89. The maximum Gasteiger partial charge on any atom is 0.345 e. The minimum atomic E-state index is -0.658. The molecule has 2 aromatic rings. The molecule has 0 saturated carbocycles. The number of rotatable bonds is 5. The minimum Gasteiger partial charge on any atom is -0.465 e. The monoisotopic (exact) mass is 371 g/mol. The van der Waals surface area contributed by atoms with Crippen molar-refractivity contribution in [3.8, 4) is 11.5 Å². The standard InChI is InChI=1S/C19H17NO3S2/c1-13-17(12-18(25(13)24)19(21)22-2)20-14-8-10-16(11-9-14)23-15-6-4-3-5-7-15/h3-12,20H,1-2H3. The van der Waals surface area contributed by atoms with Gasteiger partial charge in [0.1, 0.15) is 16.4 Å². The summed E-state index contributed by atoms with van der Waals surface area (Å²) < 4.78 is 10.6. The van der Waals surface area contributed by atoms with Gasteiger partial charge < -0.3 is 14.8 Å². The zero-order chi connectivity index (χ0) is 17.8. The number of ether oxygens (including phenoxy) is 2. The molecular formula is C19H17NO3S2. The van der Waals surface area contributed by atoms with E-state index in [4.69, 9.17) is 20.7 Å². The maximum absolute atomic E-state index is 11.8. The molecule has 0 saturated heterocycles. The Hall–Kier alpha value is -2.44. The molecule has 1 N–H and O–H groups in total. The molecule has 0 amide bonds. The molecule has 0 fully saturated rings. The third kappa shape index (κ3) is 3.97. The van der Waals surface area contributed by atoms with Crippen molar-refractivity contribution in [2.45, 2.75) is 6.92 Å². The van der Waals surface area contributed by atoms with Crippen LogP contribution in [0.2, 0.25) is 0 Å². The fourth-order valence-corrected chi connectivity index (χ4v) is 4.01. The second kappa shape index (κ2) is 7.63. The number of anilines is 1. The zero-order valence-electron chi connectivity index (χ0n) is 13.8. The number of para-hydroxylation sites is 1. The van der Waals surface area contributed by atoms with Crippen molar-refractivity contribution < 1.29 is 14.3 Å². The molecule has 3 rings (SSSR count). The highest BCUT2D eigenvalue weighted by atomic mass is 32.8. The summed E-state index contributed by atoms with van der Waals surface area (Å²) >= 11 is 5.42. The fourth-order valence-electron chi connectivity index (χ4n) is 2.30. The van der Waals surface area contributed by atoms with Crippen molar-refractivity contribution in [3.63, 3.8) is 0 Å². The van der Waals surface area contributed by atoms with Crippen LogP contribution in [0.5, 0.6) is 11.5 Å². The lowest BCUT2D eigenvalue weighted by atomic mass is 10.2. The Morgan fingerprint density at radius 3 is 2.32 bits per heavy atom. The minimum absolute atomic E-state index is 0.374. The lowest BCUT2D eigenvalue weighted by Gasteiger charge is -2.09. The summed E-state index contributed by atoms with van der Waals surface area (Å²) in [5.74, 6) is 1.17. The molecule has 25 heavy (non-hydrogen) atoms. The predicted molar refractivity (Wildman–Crippen MR) is 104 cm³/mol. The molecule has 6 heteroatoms. The summed E-state index contributed by atoms with van der Waals surface area (Å²) in [6, 6.07) is 17.2. The van der Waals surface area contributed by atoms with E-state index in [1.54, 1.807) is 6.08 Å². The van der Waals surface area contributed by atoms with Crippen LogP contribution in [-0.2, 0) is 30.2 Å². The van der Waals surface area contributed by atoms with Gasteiger partial charge in [-0.1, -0.05) is 27.7 Å². The lowest BCUT2D eigenvalue weighted by molar-refractivity contribution is -0.135. The first-order chi connectivity index (χ1) is 12.1. The molecule has 4 nitrogen and oxygen atoms in total. The molecule has 0 radical (unpaired) electrons. The lowest BCUT2D eigenvalue weighted by Crippen LogP contribution is -2.06. The highest BCUT2D eigenvalue weighted by Crippen LogP contribution is 2.29. The molecule has 128 valence electrons. The quantitative estimate of drug-likeness (QED) is 0.795. The summed E-state index contributed by atoms with van der Waals surface area (Å²) in [6.07, 6.45) is 1.77. The molecule has 1 atom stereocenters. The summed E-state index contributed by atoms with van der Waals surface area (Å²) in [6.45, 7) is 1.93. The van der Waals surface area contributed by atoms with Crippen LogP contribution in [0.25, 0.3) is 0 Å². The van der Waals surface area contributed by atoms with E-state index in [0.717, 1.165) is 27.8 Å². The van der Waals surface area contributed by atoms with Crippen molar-refractivity contribution in [2.75, 3.05) is 12.4 Å². The SMILES string of the molecule is COC(=O)C1=CC(Nc2ccc(Oc3ccccc3)cc2)=C(C)S1=S. The highest BCUT2D eigenvalue weighted by Gasteiger charge is 2.24. The van der Waals surface area contributed by atoms with Gasteiger partial charge in [0.15, 0.2) is 0 Å². The number of nitrogens with one attached hydrogen (secondary N) is 1. The summed E-state index contributed by atoms with van der Waals surface area (Å²) in [5.41, 5.74) is 1.74. The first kappa shape index (κ1) is 17.4. The first-order valence-corrected chi connectivity index (χ1v) is 9.76. The first-order valence-electron chi connectivity index (χ1n) is 7.61. The average molecular weight is 371 g/mol. The van der Waals surface area contributed by atoms with E-state index < -0.39 is 9.45 Å². The molecule has 1 unspecified atom stereocenters. The third-order valence-electron chi connectivity index (χ3n) is 3.63. The number of allylic oxidation sites excluding steroid dienone is 2. The highest BCUT2D eigenvalue weighted by molar-refractivity contribution is 8.33. The van der Waals surface area contributed by atoms with E-state index in [9.17, 15) is 4.79 Å². The number of carbonyl (C=O) groups is 1. The molecule has 0 aromatic heterocycles. The van der Waals surface area contributed by atoms with E-state index in [2.05, 4.69) is 5.32 Å². The predicted octanol–water partition coefficient (Wildman–Crippen LogP) is 4.27. The van der Waals surface area contributed by atoms with Gasteiger partial charge in [-0.25, -0.2) is 4.79 Å². The normalized spacial score (nSPS) is 16.4. The topological polar surface area (TPSA) is 47.6 Å².